The molecular weight excluding hydrogens is 246 g/mol. The molecule has 18 heavy (non-hydrogen) atoms. The second-order valence-electron chi connectivity index (χ2n) is 5.46. The van der Waals surface area contributed by atoms with Crippen molar-refractivity contribution in [3.63, 3.8) is 0 Å². The molecule has 0 aromatic heterocycles. The van der Waals surface area contributed by atoms with Crippen LogP contribution in [0.2, 0.25) is 5.02 Å². The first kappa shape index (κ1) is 13.0. The third-order valence-electron chi connectivity index (χ3n) is 3.01. The zero-order valence-corrected chi connectivity index (χ0v) is 11.5. The average Bonchev–Trinajstić information content (AvgIpc) is 2.77. The van der Waals surface area contributed by atoms with Crippen LogP contribution in [0.3, 0.4) is 0 Å². The molecule has 3 heteroatoms. The Hall–Kier alpha value is -1.41. The van der Waals surface area contributed by atoms with Crippen molar-refractivity contribution in [2.45, 2.75) is 26.3 Å². The molecule has 1 aliphatic rings. The molecule has 2 rings (SSSR count). The molecule has 0 radical (unpaired) electrons. The van der Waals surface area contributed by atoms with E-state index in [4.69, 9.17) is 11.6 Å². The normalized spacial score (nSPS) is 22.4. The maximum Gasteiger partial charge on any atom is 0.174 e. The lowest BCUT2D eigenvalue weighted by Gasteiger charge is -2.31. The van der Waals surface area contributed by atoms with E-state index in [2.05, 4.69) is 4.99 Å². The van der Waals surface area contributed by atoms with E-state index in [1.807, 2.05) is 45.0 Å². The fourth-order valence-corrected chi connectivity index (χ4v) is 2.42. The van der Waals surface area contributed by atoms with Crippen LogP contribution in [0.25, 0.3) is 0 Å². The van der Waals surface area contributed by atoms with Gasteiger partial charge in [-0.3, -0.25) is 9.79 Å². The maximum absolute atomic E-state index is 12.7. The lowest BCUT2D eigenvalue weighted by molar-refractivity contribution is -0.130. The second-order valence-corrected chi connectivity index (χ2v) is 5.87. The molecule has 0 N–H and O–H groups in total. The number of benzene rings is 1. The molecule has 0 spiro atoms. The minimum absolute atomic E-state index is 0.0492. The molecule has 1 aliphatic heterocycles. The molecule has 1 unspecified atom stereocenters. The Bertz CT molecular complexity index is 526. The van der Waals surface area contributed by atoms with Gasteiger partial charge in [0.25, 0.3) is 0 Å². The van der Waals surface area contributed by atoms with Gasteiger partial charge in [-0.15, -0.1) is 0 Å². The van der Waals surface area contributed by atoms with Crippen molar-refractivity contribution >= 4 is 23.6 Å². The minimum atomic E-state index is -0.962. The number of ketones is 1. The molecule has 0 amide bonds. The first-order chi connectivity index (χ1) is 8.38. The number of aliphatic imine (C=N–C) groups is 1. The average molecular weight is 262 g/mol. The summed E-state index contributed by atoms with van der Waals surface area (Å²) in [5.41, 5.74) is -0.696. The van der Waals surface area contributed by atoms with Crippen LogP contribution in [-0.2, 0) is 10.3 Å². The molecule has 1 aromatic rings. The van der Waals surface area contributed by atoms with Gasteiger partial charge in [-0.05, 0) is 18.2 Å². The van der Waals surface area contributed by atoms with Crippen LogP contribution in [0.1, 0.15) is 26.3 Å². The molecule has 0 aliphatic carbocycles. The highest BCUT2D eigenvalue weighted by Gasteiger charge is 2.45. The Labute approximate surface area is 112 Å². The van der Waals surface area contributed by atoms with Crippen LogP contribution >= 0.6 is 11.6 Å². The molecule has 0 saturated carbocycles. The largest absolute Gasteiger partial charge is 0.296 e. The zero-order valence-electron chi connectivity index (χ0n) is 10.8. The van der Waals surface area contributed by atoms with Gasteiger partial charge in [0.1, 0.15) is 0 Å². The summed E-state index contributed by atoms with van der Waals surface area (Å²) in [6.07, 6.45) is 5.28. The molecule has 1 heterocycles. The van der Waals surface area contributed by atoms with Gasteiger partial charge < -0.3 is 0 Å². The summed E-state index contributed by atoms with van der Waals surface area (Å²) in [7, 11) is 0. The highest BCUT2D eigenvalue weighted by molar-refractivity contribution is 6.32. The van der Waals surface area contributed by atoms with Crippen LogP contribution in [0.5, 0.6) is 0 Å². The van der Waals surface area contributed by atoms with Crippen LogP contribution in [0.4, 0.5) is 0 Å². The van der Waals surface area contributed by atoms with Crippen molar-refractivity contribution in [1.29, 1.82) is 0 Å². The highest BCUT2D eigenvalue weighted by Crippen LogP contribution is 2.40. The van der Waals surface area contributed by atoms with E-state index in [0.717, 1.165) is 5.56 Å². The molecule has 2 nitrogen and oxygen atoms in total. The summed E-state index contributed by atoms with van der Waals surface area (Å²) in [5, 5.41) is 0.568. The molecular formula is C15H16ClNO. The van der Waals surface area contributed by atoms with Gasteiger partial charge in [-0.25, -0.2) is 0 Å². The number of Topliss-reactive ketones (excluding diaryl/α,β-unsaturated/α-hetero) is 1. The van der Waals surface area contributed by atoms with Crippen LogP contribution in [0.15, 0.2) is 41.4 Å². The van der Waals surface area contributed by atoms with Gasteiger partial charge in [0, 0.05) is 22.2 Å². The molecule has 0 saturated heterocycles. The number of hydrogen-bond donors (Lipinski definition) is 0. The summed E-state index contributed by atoms with van der Waals surface area (Å²) in [4.78, 5) is 17.1. The van der Waals surface area contributed by atoms with E-state index in [1.54, 1.807) is 18.4 Å². The number of allylic oxidation sites excluding steroid dienone is 1. The monoisotopic (exact) mass is 261 g/mol. The molecule has 0 bridgehead atoms. The standard InChI is InChI=1S/C15H16ClNO/c1-14(2,3)13(18)15(9-6-10-17-15)11-7-4-5-8-12(11)16/h4-10H,1-3H3. The Morgan fingerprint density at radius 1 is 1.28 bits per heavy atom. The number of carbonyl (C=O) groups excluding carboxylic acids is 1. The van der Waals surface area contributed by atoms with E-state index >= 15 is 0 Å². The third-order valence-corrected chi connectivity index (χ3v) is 3.34. The van der Waals surface area contributed by atoms with Gasteiger partial charge in [0.2, 0.25) is 0 Å². The fourth-order valence-electron chi connectivity index (χ4n) is 2.14. The van der Waals surface area contributed by atoms with Crippen LogP contribution in [0, 0.1) is 5.41 Å². The molecule has 0 fully saturated rings. The second kappa shape index (κ2) is 4.36. The Balaban J connectivity index is 2.61. The van der Waals surface area contributed by atoms with Gasteiger partial charge in [-0.2, -0.15) is 0 Å². The van der Waals surface area contributed by atoms with Crippen molar-refractivity contribution in [3.05, 3.63) is 47.0 Å². The fraction of sp³-hybridized carbons (Fsp3) is 0.333. The predicted octanol–water partition coefficient (Wildman–Crippen LogP) is 3.79. The van der Waals surface area contributed by atoms with E-state index in [9.17, 15) is 4.79 Å². The van der Waals surface area contributed by atoms with E-state index < -0.39 is 11.0 Å². The summed E-state index contributed by atoms with van der Waals surface area (Å²) < 4.78 is 0. The Kier molecular flexibility index (Phi) is 3.16. The summed E-state index contributed by atoms with van der Waals surface area (Å²) in [6, 6.07) is 7.37. The summed E-state index contributed by atoms with van der Waals surface area (Å²) in [6.45, 7) is 5.70. The van der Waals surface area contributed by atoms with Crippen molar-refractivity contribution in [1.82, 2.24) is 0 Å². The van der Waals surface area contributed by atoms with Crippen molar-refractivity contribution in [3.8, 4) is 0 Å². The minimum Gasteiger partial charge on any atom is -0.296 e. The lowest BCUT2D eigenvalue weighted by atomic mass is 9.75. The summed E-state index contributed by atoms with van der Waals surface area (Å²) >= 11 is 6.23. The van der Waals surface area contributed by atoms with Gasteiger partial charge in [-0.1, -0.05) is 50.6 Å². The van der Waals surface area contributed by atoms with E-state index in [0.29, 0.717) is 5.02 Å². The third kappa shape index (κ3) is 2.01. The smallest absolute Gasteiger partial charge is 0.174 e. The Morgan fingerprint density at radius 3 is 2.44 bits per heavy atom. The highest BCUT2D eigenvalue weighted by atomic mass is 35.5. The van der Waals surface area contributed by atoms with Crippen molar-refractivity contribution in [2.24, 2.45) is 10.4 Å². The van der Waals surface area contributed by atoms with Crippen molar-refractivity contribution in [2.75, 3.05) is 0 Å². The quantitative estimate of drug-likeness (QED) is 0.796. The number of halogens is 1. The predicted molar refractivity (Wildman–Crippen MR) is 75.2 cm³/mol. The number of nitrogens with zero attached hydrogens (tertiary/aromatic N) is 1. The number of rotatable bonds is 2. The first-order valence-electron chi connectivity index (χ1n) is 5.91. The van der Waals surface area contributed by atoms with Gasteiger partial charge >= 0.3 is 0 Å². The van der Waals surface area contributed by atoms with Gasteiger partial charge in [0.15, 0.2) is 11.3 Å². The van der Waals surface area contributed by atoms with Crippen LogP contribution in [-0.4, -0.2) is 12.0 Å². The lowest BCUT2D eigenvalue weighted by Crippen LogP contribution is -2.39. The first-order valence-corrected chi connectivity index (χ1v) is 6.29. The topological polar surface area (TPSA) is 29.4 Å². The molecule has 1 aromatic carbocycles. The maximum atomic E-state index is 12.7. The van der Waals surface area contributed by atoms with E-state index in [1.165, 1.54) is 0 Å². The SMILES string of the molecule is CC(C)(C)C(=O)C1(c2ccccc2Cl)C=CC=N1. The zero-order chi connectivity index (χ0) is 13.4. The van der Waals surface area contributed by atoms with Crippen LogP contribution < -0.4 is 0 Å². The summed E-state index contributed by atoms with van der Waals surface area (Å²) in [5.74, 6) is 0.0492. The van der Waals surface area contributed by atoms with Gasteiger partial charge in [0.05, 0.1) is 0 Å². The Morgan fingerprint density at radius 2 is 1.94 bits per heavy atom. The van der Waals surface area contributed by atoms with Crippen molar-refractivity contribution < 1.29 is 4.79 Å². The number of carbonyl (C=O) groups is 1. The molecule has 1 atom stereocenters. The molecule has 94 valence electrons. The number of hydrogen-bond acceptors (Lipinski definition) is 2. The van der Waals surface area contributed by atoms with E-state index in [-0.39, 0.29) is 5.78 Å².